The van der Waals surface area contributed by atoms with Crippen LogP contribution in [0.3, 0.4) is 0 Å². The molecule has 0 spiro atoms. The highest BCUT2D eigenvalue weighted by Gasteiger charge is 2.27. The van der Waals surface area contributed by atoms with Gasteiger partial charge >= 0.3 is 0 Å². The Morgan fingerprint density at radius 3 is 1.42 bits per heavy atom. The minimum absolute atomic E-state index is 0.101. The second-order valence-corrected chi connectivity index (χ2v) is 3.78. The maximum absolute atomic E-state index is 11.2. The largest absolute Gasteiger partial charge is 0.300 e. The van der Waals surface area contributed by atoms with Crippen molar-refractivity contribution in [1.82, 2.24) is 0 Å². The molecular formula is C10H18O2. The van der Waals surface area contributed by atoms with Gasteiger partial charge in [0.05, 0.1) is 0 Å². The quantitative estimate of drug-likeness (QED) is 0.647. The first-order valence-corrected chi connectivity index (χ1v) is 4.38. The fraction of sp³-hybridized carbons (Fsp3) is 0.800. The maximum atomic E-state index is 11.2. The zero-order chi connectivity index (χ0) is 9.89. The van der Waals surface area contributed by atoms with Crippen LogP contribution in [0, 0.1) is 17.8 Å². The zero-order valence-electron chi connectivity index (χ0n) is 8.55. The summed E-state index contributed by atoms with van der Waals surface area (Å²) in [5.41, 5.74) is 0. The molecule has 0 fully saturated rings. The van der Waals surface area contributed by atoms with Gasteiger partial charge in [-0.15, -0.1) is 0 Å². The van der Waals surface area contributed by atoms with Gasteiger partial charge in [0.25, 0.3) is 0 Å². The SMILES string of the molecule is CC(=O)C(C)C(C(C)=O)C(C)C. The monoisotopic (exact) mass is 170 g/mol. The first-order chi connectivity index (χ1) is 5.37. The molecule has 0 N–H and O–H groups in total. The number of ketones is 2. The highest BCUT2D eigenvalue weighted by atomic mass is 16.1. The average molecular weight is 170 g/mol. The Labute approximate surface area is 74.3 Å². The summed E-state index contributed by atoms with van der Waals surface area (Å²) in [5.74, 6) is 0.225. The summed E-state index contributed by atoms with van der Waals surface area (Å²) in [7, 11) is 0. The van der Waals surface area contributed by atoms with Gasteiger partial charge in [0.2, 0.25) is 0 Å². The van der Waals surface area contributed by atoms with E-state index in [4.69, 9.17) is 0 Å². The Hall–Kier alpha value is -0.660. The van der Waals surface area contributed by atoms with Crippen molar-refractivity contribution in [3.63, 3.8) is 0 Å². The minimum atomic E-state index is -0.137. The van der Waals surface area contributed by atoms with E-state index in [1.54, 1.807) is 13.8 Å². The van der Waals surface area contributed by atoms with Crippen LogP contribution in [0.5, 0.6) is 0 Å². The maximum Gasteiger partial charge on any atom is 0.133 e. The second-order valence-electron chi connectivity index (χ2n) is 3.78. The number of carbonyl (C=O) groups is 2. The van der Waals surface area contributed by atoms with Crippen LogP contribution in [0.1, 0.15) is 34.6 Å². The minimum Gasteiger partial charge on any atom is -0.300 e. The predicted molar refractivity (Wildman–Crippen MR) is 48.9 cm³/mol. The van der Waals surface area contributed by atoms with Gasteiger partial charge in [-0.1, -0.05) is 20.8 Å². The molecule has 0 aromatic rings. The summed E-state index contributed by atoms with van der Waals surface area (Å²) in [6, 6.07) is 0. The van der Waals surface area contributed by atoms with Crippen molar-refractivity contribution >= 4 is 11.6 Å². The topological polar surface area (TPSA) is 34.1 Å². The van der Waals surface area contributed by atoms with Gasteiger partial charge in [0.1, 0.15) is 11.6 Å². The van der Waals surface area contributed by atoms with E-state index in [9.17, 15) is 9.59 Å². The van der Waals surface area contributed by atoms with Crippen molar-refractivity contribution in [1.29, 1.82) is 0 Å². The van der Waals surface area contributed by atoms with E-state index in [0.29, 0.717) is 0 Å². The van der Waals surface area contributed by atoms with E-state index in [0.717, 1.165) is 0 Å². The van der Waals surface area contributed by atoms with Gasteiger partial charge < -0.3 is 0 Å². The lowest BCUT2D eigenvalue weighted by Gasteiger charge is -2.22. The molecule has 0 radical (unpaired) electrons. The van der Waals surface area contributed by atoms with Crippen molar-refractivity contribution in [2.75, 3.05) is 0 Å². The normalized spacial score (nSPS) is 15.8. The Kier molecular flexibility index (Phi) is 4.15. The highest BCUT2D eigenvalue weighted by molar-refractivity contribution is 5.87. The van der Waals surface area contributed by atoms with Gasteiger partial charge in [-0.25, -0.2) is 0 Å². The van der Waals surface area contributed by atoms with E-state index in [1.165, 1.54) is 0 Å². The number of hydrogen-bond acceptors (Lipinski definition) is 2. The fourth-order valence-corrected chi connectivity index (χ4v) is 1.65. The first kappa shape index (κ1) is 11.3. The Bertz CT molecular complexity index is 182. The molecule has 0 aliphatic heterocycles. The molecule has 70 valence electrons. The van der Waals surface area contributed by atoms with Crippen molar-refractivity contribution in [3.05, 3.63) is 0 Å². The lowest BCUT2D eigenvalue weighted by atomic mass is 9.80. The standard InChI is InChI=1S/C10H18O2/c1-6(2)10(9(5)12)7(3)8(4)11/h6-7,10H,1-5H3. The Morgan fingerprint density at radius 2 is 1.33 bits per heavy atom. The molecule has 12 heavy (non-hydrogen) atoms. The van der Waals surface area contributed by atoms with Crippen LogP contribution in [0.25, 0.3) is 0 Å². The summed E-state index contributed by atoms with van der Waals surface area (Å²) in [5, 5.41) is 0. The third kappa shape index (κ3) is 2.76. The van der Waals surface area contributed by atoms with Crippen LogP contribution in [0.2, 0.25) is 0 Å². The lowest BCUT2D eigenvalue weighted by molar-refractivity contribution is -0.131. The number of carbonyl (C=O) groups excluding carboxylic acids is 2. The van der Waals surface area contributed by atoms with Crippen molar-refractivity contribution in [3.8, 4) is 0 Å². The second kappa shape index (κ2) is 4.39. The molecule has 0 aliphatic rings. The first-order valence-electron chi connectivity index (χ1n) is 4.38. The van der Waals surface area contributed by atoms with Gasteiger partial charge in [0, 0.05) is 11.8 Å². The fourth-order valence-electron chi connectivity index (χ4n) is 1.65. The molecule has 2 unspecified atom stereocenters. The number of Topliss-reactive ketones (excluding diaryl/α,β-unsaturated/α-hetero) is 2. The Balaban J connectivity index is 4.51. The van der Waals surface area contributed by atoms with Crippen molar-refractivity contribution in [2.45, 2.75) is 34.6 Å². The van der Waals surface area contributed by atoms with Crippen molar-refractivity contribution < 1.29 is 9.59 Å². The molecule has 0 aromatic carbocycles. The van der Waals surface area contributed by atoms with Gasteiger partial charge in [0.15, 0.2) is 0 Å². The van der Waals surface area contributed by atoms with Crippen LogP contribution in [0.4, 0.5) is 0 Å². The molecular weight excluding hydrogens is 152 g/mol. The third-order valence-corrected chi connectivity index (χ3v) is 2.37. The summed E-state index contributed by atoms with van der Waals surface area (Å²) >= 11 is 0. The molecule has 0 aliphatic carbocycles. The van der Waals surface area contributed by atoms with E-state index in [2.05, 4.69) is 0 Å². The lowest BCUT2D eigenvalue weighted by Crippen LogP contribution is -2.29. The molecule has 0 saturated heterocycles. The smallest absolute Gasteiger partial charge is 0.133 e. The molecule has 2 nitrogen and oxygen atoms in total. The van der Waals surface area contributed by atoms with E-state index < -0.39 is 0 Å². The molecule has 2 heteroatoms. The van der Waals surface area contributed by atoms with Crippen LogP contribution >= 0.6 is 0 Å². The number of rotatable bonds is 4. The molecule has 0 rings (SSSR count). The number of hydrogen-bond donors (Lipinski definition) is 0. The molecule has 0 amide bonds. The average Bonchev–Trinajstić information content (AvgIpc) is 1.85. The molecule has 0 aromatic heterocycles. The van der Waals surface area contributed by atoms with E-state index in [1.807, 2.05) is 20.8 Å². The summed E-state index contributed by atoms with van der Waals surface area (Å²) < 4.78 is 0. The van der Waals surface area contributed by atoms with Gasteiger partial charge in [-0.2, -0.15) is 0 Å². The zero-order valence-corrected chi connectivity index (χ0v) is 8.55. The van der Waals surface area contributed by atoms with Gasteiger partial charge in [-0.05, 0) is 19.8 Å². The predicted octanol–water partition coefficient (Wildman–Crippen LogP) is 2.07. The summed E-state index contributed by atoms with van der Waals surface area (Å²) in [6.45, 7) is 8.89. The third-order valence-electron chi connectivity index (χ3n) is 2.37. The van der Waals surface area contributed by atoms with E-state index in [-0.39, 0.29) is 29.3 Å². The summed E-state index contributed by atoms with van der Waals surface area (Å²) in [6.07, 6.45) is 0. The van der Waals surface area contributed by atoms with Crippen LogP contribution in [0.15, 0.2) is 0 Å². The highest BCUT2D eigenvalue weighted by Crippen LogP contribution is 2.22. The Morgan fingerprint density at radius 1 is 0.917 bits per heavy atom. The van der Waals surface area contributed by atoms with Crippen LogP contribution in [-0.4, -0.2) is 11.6 Å². The van der Waals surface area contributed by atoms with Gasteiger partial charge in [-0.3, -0.25) is 9.59 Å². The van der Waals surface area contributed by atoms with Crippen LogP contribution in [-0.2, 0) is 9.59 Å². The van der Waals surface area contributed by atoms with Crippen molar-refractivity contribution in [2.24, 2.45) is 17.8 Å². The molecule has 0 bridgehead atoms. The molecule has 0 heterocycles. The van der Waals surface area contributed by atoms with E-state index >= 15 is 0 Å². The molecule has 0 saturated carbocycles. The van der Waals surface area contributed by atoms with Crippen LogP contribution < -0.4 is 0 Å². The molecule has 2 atom stereocenters. The summed E-state index contributed by atoms with van der Waals surface area (Å²) in [4.78, 5) is 22.2.